The van der Waals surface area contributed by atoms with Gasteiger partial charge in [0.2, 0.25) is 5.91 Å². The van der Waals surface area contributed by atoms with Gasteiger partial charge in [0.15, 0.2) is 11.6 Å². The van der Waals surface area contributed by atoms with Crippen LogP contribution in [0, 0.1) is 23.7 Å². The highest BCUT2D eigenvalue weighted by atomic mass is 33.1. The molecule has 1 aliphatic heterocycles. The molecule has 1 fully saturated rings. The van der Waals surface area contributed by atoms with Crippen LogP contribution in [0.5, 0.6) is 0 Å². The lowest BCUT2D eigenvalue weighted by Gasteiger charge is -2.39. The maximum Gasteiger partial charge on any atom is 0.407 e. The number of likely N-dealkylation sites (tertiary alicyclic amines) is 1. The third-order valence-electron chi connectivity index (χ3n) is 11.8. The molecule has 2 heterocycles. The number of nitrogens with one attached hydrogen (secondary N) is 2. The van der Waals surface area contributed by atoms with Crippen LogP contribution in [0.3, 0.4) is 0 Å². The van der Waals surface area contributed by atoms with Crippen molar-refractivity contribution in [2.45, 2.75) is 130 Å². The normalized spacial score (nSPS) is 17.4. The highest BCUT2D eigenvalue weighted by Crippen LogP contribution is 2.32. The summed E-state index contributed by atoms with van der Waals surface area (Å²) in [6.07, 6.45) is 7.60. The second kappa shape index (κ2) is 27.9. The van der Waals surface area contributed by atoms with Crippen molar-refractivity contribution in [2.24, 2.45) is 23.7 Å². The molecule has 1 unspecified atom stereocenters. The van der Waals surface area contributed by atoms with Crippen LogP contribution in [0.2, 0.25) is 0 Å². The molecule has 12 nitrogen and oxygen atoms in total. The quantitative estimate of drug-likeness (QED) is 0.0481. The molecule has 1 aromatic heterocycles. The third-order valence-corrected chi connectivity index (χ3v) is 14.6. The molecule has 1 aliphatic rings. The van der Waals surface area contributed by atoms with Gasteiger partial charge in [-0.1, -0.05) is 113 Å². The van der Waals surface area contributed by atoms with Crippen LogP contribution in [0.1, 0.15) is 127 Å². The maximum absolute atomic E-state index is 14.7. The molecule has 0 aliphatic carbocycles. The van der Waals surface area contributed by atoms with E-state index in [0.717, 1.165) is 49.2 Å². The number of nitrogens with zero attached hydrogens (tertiary/aromatic N) is 3. The van der Waals surface area contributed by atoms with E-state index in [1.54, 1.807) is 27.0 Å². The minimum absolute atomic E-state index is 0.0235. The van der Waals surface area contributed by atoms with Gasteiger partial charge in [0, 0.05) is 54.0 Å². The van der Waals surface area contributed by atoms with Crippen LogP contribution in [-0.2, 0) is 30.3 Å². The standard InChI is InChI=1S/C46H73N5O7S3/c1-10-21-57-30-51(45(55)37(32(5)11-2)27-41(52)39-19-15-16-20-50(39)8)40(31(3)4)25-34(7)44-49-38(29-60-44)43(54)48-36(26-35-17-13-12-14-18-35)24-33(6)42(53)28-47-46(56)58-22-23-61-59-9/h12-14,17-18,29,31-34,36-37,39-40H,10-11,15-16,19-28,30H2,1-9H3,(H,47,56)(H,48,54)/t32?,33-,34+,36+,37-,39+,40+/m0/s1. The predicted octanol–water partition coefficient (Wildman–Crippen LogP) is 8.65. The van der Waals surface area contributed by atoms with E-state index in [9.17, 15) is 24.0 Å². The lowest BCUT2D eigenvalue weighted by Crippen LogP contribution is -2.50. The monoisotopic (exact) mass is 903 g/mol. The van der Waals surface area contributed by atoms with E-state index in [0.29, 0.717) is 37.3 Å². The van der Waals surface area contributed by atoms with Crippen LogP contribution >= 0.6 is 32.9 Å². The molecule has 3 amide bonds. The Morgan fingerprint density at radius 1 is 1.02 bits per heavy atom. The number of ketones is 2. The van der Waals surface area contributed by atoms with E-state index < -0.39 is 17.9 Å². The smallest absolute Gasteiger partial charge is 0.407 e. The molecule has 0 bridgehead atoms. The Morgan fingerprint density at radius 3 is 2.41 bits per heavy atom. The number of rotatable bonds is 28. The topological polar surface area (TPSA) is 147 Å². The number of ether oxygens (including phenoxy) is 2. The number of carbonyl (C=O) groups is 5. The van der Waals surface area contributed by atoms with Crippen LogP contribution < -0.4 is 10.6 Å². The molecule has 61 heavy (non-hydrogen) atoms. The van der Waals surface area contributed by atoms with Gasteiger partial charge in [-0.15, -0.1) is 11.3 Å². The lowest BCUT2D eigenvalue weighted by atomic mass is 9.82. The molecule has 2 aromatic rings. The fraction of sp³-hybridized carbons (Fsp3) is 0.696. The van der Waals surface area contributed by atoms with Gasteiger partial charge >= 0.3 is 6.09 Å². The number of carbonyl (C=O) groups excluding carboxylic acids is 5. The molecule has 0 saturated carbocycles. The molecule has 7 atom stereocenters. The van der Waals surface area contributed by atoms with Crippen LogP contribution in [0.25, 0.3) is 0 Å². The number of hydrogen-bond acceptors (Lipinski definition) is 12. The number of amides is 3. The van der Waals surface area contributed by atoms with Crippen molar-refractivity contribution in [3.8, 4) is 0 Å². The molecule has 342 valence electrons. The van der Waals surface area contributed by atoms with Crippen molar-refractivity contribution in [2.75, 3.05) is 52.1 Å². The van der Waals surface area contributed by atoms with Gasteiger partial charge in [0.05, 0.1) is 17.6 Å². The molecule has 1 saturated heterocycles. The van der Waals surface area contributed by atoms with E-state index >= 15 is 0 Å². The predicted molar refractivity (Wildman–Crippen MR) is 250 cm³/mol. The van der Waals surface area contributed by atoms with Crippen molar-refractivity contribution >= 4 is 62.4 Å². The molecule has 2 N–H and O–H groups in total. The minimum Gasteiger partial charge on any atom is -0.449 e. The van der Waals surface area contributed by atoms with E-state index in [1.807, 2.05) is 62.4 Å². The number of Topliss-reactive ketones (excluding diaryl/α,β-unsaturated/α-hetero) is 2. The molecule has 1 aromatic carbocycles. The summed E-state index contributed by atoms with van der Waals surface area (Å²) in [5.74, 6) is -0.562. The number of benzene rings is 1. The Hall–Kier alpha value is -2.98. The molecular weight excluding hydrogens is 831 g/mol. The highest BCUT2D eigenvalue weighted by Gasteiger charge is 2.38. The summed E-state index contributed by atoms with van der Waals surface area (Å²) < 4.78 is 11.2. The Morgan fingerprint density at radius 2 is 1.75 bits per heavy atom. The Kier molecular flexibility index (Phi) is 24.0. The molecule has 15 heteroatoms. The maximum atomic E-state index is 14.7. The summed E-state index contributed by atoms with van der Waals surface area (Å²) in [5, 5.41) is 8.27. The van der Waals surface area contributed by atoms with Gasteiger partial charge in [-0.25, -0.2) is 9.78 Å². The first-order chi connectivity index (χ1) is 29.2. The molecular formula is C46H73N5O7S3. The SMILES string of the molecule is CCCOCN(C(=O)[C@@H](CC(=O)[C@H]1CCCCN1C)C(C)CC)[C@H](C[C@@H](C)c1nc(C(=O)N[C@@H](Cc2ccccc2)C[C@H](C)C(=O)CNC(=O)OCCSSC)cs1)C(C)C. The molecule has 0 radical (unpaired) electrons. The number of alkyl carbamates (subject to hydrolysis) is 1. The number of piperidine rings is 1. The van der Waals surface area contributed by atoms with E-state index in [1.165, 1.54) is 11.3 Å². The lowest BCUT2D eigenvalue weighted by molar-refractivity contribution is -0.150. The van der Waals surface area contributed by atoms with Crippen molar-refractivity contribution in [1.82, 2.24) is 25.4 Å². The number of aromatic nitrogens is 1. The summed E-state index contributed by atoms with van der Waals surface area (Å²) in [6, 6.07) is 9.10. The van der Waals surface area contributed by atoms with E-state index in [4.69, 9.17) is 14.5 Å². The summed E-state index contributed by atoms with van der Waals surface area (Å²) in [4.78, 5) is 76.4. The van der Waals surface area contributed by atoms with E-state index in [2.05, 4.69) is 50.2 Å². The largest absolute Gasteiger partial charge is 0.449 e. The highest BCUT2D eigenvalue weighted by molar-refractivity contribution is 8.76. The van der Waals surface area contributed by atoms with Gasteiger partial charge in [-0.3, -0.25) is 24.1 Å². The fourth-order valence-corrected chi connectivity index (χ4v) is 9.77. The summed E-state index contributed by atoms with van der Waals surface area (Å²) in [7, 11) is 5.19. The third kappa shape index (κ3) is 17.6. The average molecular weight is 904 g/mol. The van der Waals surface area contributed by atoms with Crippen LogP contribution in [0.4, 0.5) is 4.79 Å². The molecule has 0 spiro atoms. The van der Waals surface area contributed by atoms with Crippen molar-refractivity contribution in [1.29, 1.82) is 0 Å². The fourth-order valence-electron chi connectivity index (χ4n) is 7.88. The van der Waals surface area contributed by atoms with Crippen molar-refractivity contribution < 1.29 is 33.4 Å². The zero-order valence-electron chi connectivity index (χ0n) is 38.1. The molecule has 3 rings (SSSR count). The van der Waals surface area contributed by atoms with Crippen molar-refractivity contribution in [3.05, 3.63) is 52.0 Å². The van der Waals surface area contributed by atoms with Crippen molar-refractivity contribution in [3.63, 3.8) is 0 Å². The average Bonchev–Trinajstić information content (AvgIpc) is 3.75. The Labute approximate surface area is 377 Å². The van der Waals surface area contributed by atoms with Crippen LogP contribution in [-0.4, -0.2) is 114 Å². The van der Waals surface area contributed by atoms with Gasteiger partial charge in [-0.05, 0) is 75.8 Å². The summed E-state index contributed by atoms with van der Waals surface area (Å²) in [5.41, 5.74) is 1.32. The van der Waals surface area contributed by atoms with Gasteiger partial charge in [0.25, 0.3) is 5.91 Å². The van der Waals surface area contributed by atoms with E-state index in [-0.39, 0.29) is 85.6 Å². The Balaban J connectivity index is 1.76. The van der Waals surface area contributed by atoms with Gasteiger partial charge in [-0.2, -0.15) is 0 Å². The minimum atomic E-state index is -0.626. The zero-order chi connectivity index (χ0) is 44.9. The van der Waals surface area contributed by atoms with Crippen LogP contribution in [0.15, 0.2) is 35.7 Å². The summed E-state index contributed by atoms with van der Waals surface area (Å²) >= 11 is 1.42. The van der Waals surface area contributed by atoms with Gasteiger partial charge < -0.3 is 25.0 Å². The second-order valence-corrected chi connectivity index (χ2v) is 20.5. The zero-order valence-corrected chi connectivity index (χ0v) is 40.6. The number of thiazole rings is 1. The number of likely N-dealkylation sites (N-methyl/N-ethyl adjacent to an activating group) is 1. The first kappa shape index (κ1) is 52.4. The Bertz CT molecular complexity index is 1650. The first-order valence-electron chi connectivity index (χ1n) is 22.2. The first-order valence-corrected chi connectivity index (χ1v) is 25.8. The van der Waals surface area contributed by atoms with Gasteiger partial charge in [0.1, 0.15) is 19.0 Å². The summed E-state index contributed by atoms with van der Waals surface area (Å²) in [6.45, 7) is 16.0. The second-order valence-electron chi connectivity index (χ2n) is 17.0. The number of hydrogen-bond donors (Lipinski definition) is 2.